The van der Waals surface area contributed by atoms with Gasteiger partial charge >= 0.3 is 5.97 Å². The molecule has 0 aromatic rings. The highest BCUT2D eigenvalue weighted by Crippen LogP contribution is 2.74. The molecule has 0 aromatic heterocycles. The topological polar surface area (TPSA) is 71.4 Å². The maximum Gasteiger partial charge on any atom is 0.309 e. The number of hydrogen-bond donors (Lipinski definition) is 1. The van der Waals surface area contributed by atoms with Crippen LogP contribution in [0, 0.1) is 50.2 Å². The predicted molar refractivity (Wildman–Crippen MR) is 132 cm³/mol. The van der Waals surface area contributed by atoms with Crippen molar-refractivity contribution in [2.45, 2.75) is 93.4 Å². The molecule has 4 nitrogen and oxygen atoms in total. The second-order valence-corrected chi connectivity index (χ2v) is 14.4. The van der Waals surface area contributed by atoms with Gasteiger partial charge in [-0.2, -0.15) is 0 Å². The van der Waals surface area contributed by atoms with Crippen LogP contribution in [0.3, 0.4) is 0 Å². The Balaban J connectivity index is 1.68. The number of hydrogen-bond acceptors (Lipinski definition) is 3. The number of aliphatic carboxylic acids is 1. The molecule has 1 N–H and O–H groups in total. The van der Waals surface area contributed by atoms with Crippen LogP contribution < -0.4 is 0 Å². The average molecular weight is 467 g/mol. The van der Waals surface area contributed by atoms with Crippen molar-refractivity contribution in [1.29, 1.82) is 0 Å². The van der Waals surface area contributed by atoms with Gasteiger partial charge in [-0.15, -0.1) is 0 Å². The Kier molecular flexibility index (Phi) is 4.75. The average Bonchev–Trinajstić information content (AvgIpc) is 2.72. The van der Waals surface area contributed by atoms with Gasteiger partial charge in [0.15, 0.2) is 11.6 Å². The molecule has 3 fully saturated rings. The van der Waals surface area contributed by atoms with E-state index in [-0.39, 0.29) is 51.0 Å². The van der Waals surface area contributed by atoms with Crippen molar-refractivity contribution in [3.63, 3.8) is 0 Å². The lowest BCUT2D eigenvalue weighted by Gasteiger charge is -2.68. The third-order valence-corrected chi connectivity index (χ3v) is 12.1. The number of carboxylic acids is 1. The fourth-order valence-electron chi connectivity index (χ4n) is 9.71. The Bertz CT molecular complexity index is 1050. The quantitative estimate of drug-likeness (QED) is 0.485. The van der Waals surface area contributed by atoms with Gasteiger partial charge < -0.3 is 5.11 Å². The molecule has 0 saturated heterocycles. The zero-order chi connectivity index (χ0) is 25.1. The zero-order valence-electron chi connectivity index (χ0n) is 22.1. The van der Waals surface area contributed by atoms with E-state index in [1.54, 1.807) is 6.08 Å². The van der Waals surface area contributed by atoms with Gasteiger partial charge in [0.2, 0.25) is 0 Å². The summed E-state index contributed by atoms with van der Waals surface area (Å²) in [5.41, 5.74) is -0.797. The lowest BCUT2D eigenvalue weighted by atomic mass is 9.34. The third kappa shape index (κ3) is 2.69. The van der Waals surface area contributed by atoms with Crippen molar-refractivity contribution in [3.05, 3.63) is 23.8 Å². The van der Waals surface area contributed by atoms with Gasteiger partial charge in [0.1, 0.15) is 0 Å². The lowest BCUT2D eigenvalue weighted by molar-refractivity contribution is -0.188. The minimum Gasteiger partial charge on any atom is -0.481 e. The normalized spacial score (nSPS) is 48.7. The zero-order valence-corrected chi connectivity index (χ0v) is 22.1. The van der Waals surface area contributed by atoms with Gasteiger partial charge in [-0.05, 0) is 85.2 Å². The molecular formula is C30H42O4. The van der Waals surface area contributed by atoms with Gasteiger partial charge in [0.25, 0.3) is 0 Å². The summed E-state index contributed by atoms with van der Waals surface area (Å²) in [6, 6.07) is 0. The molecule has 5 rings (SSSR count). The molecule has 5 aliphatic carbocycles. The molecule has 0 radical (unpaired) electrons. The molecule has 0 aliphatic heterocycles. The summed E-state index contributed by atoms with van der Waals surface area (Å²) in [7, 11) is 0. The molecular weight excluding hydrogens is 424 g/mol. The SMILES string of the molecule is CC1(C)CCC2(C(=O)O)CC[C@]3(C)C(C(=O)C=C4[C@@]5(C)C=CC(=O)C(C)(C)C5CC[C@]43C)C2C1. The molecule has 7 atom stereocenters. The summed E-state index contributed by atoms with van der Waals surface area (Å²) in [6.45, 7) is 15.5. The Morgan fingerprint density at radius 1 is 0.941 bits per heavy atom. The lowest BCUT2D eigenvalue weighted by Crippen LogP contribution is -2.65. The molecule has 3 saturated carbocycles. The Morgan fingerprint density at radius 3 is 2.24 bits per heavy atom. The third-order valence-electron chi connectivity index (χ3n) is 12.1. The van der Waals surface area contributed by atoms with Gasteiger partial charge in [0.05, 0.1) is 5.41 Å². The largest absolute Gasteiger partial charge is 0.481 e. The number of carbonyl (C=O) groups is 3. The second kappa shape index (κ2) is 6.73. The summed E-state index contributed by atoms with van der Waals surface area (Å²) < 4.78 is 0. The molecule has 0 aromatic carbocycles. The van der Waals surface area contributed by atoms with Crippen LogP contribution in [-0.4, -0.2) is 22.6 Å². The van der Waals surface area contributed by atoms with Crippen molar-refractivity contribution in [2.75, 3.05) is 0 Å². The van der Waals surface area contributed by atoms with Crippen LogP contribution in [-0.2, 0) is 14.4 Å². The number of allylic oxidation sites excluding steroid dienone is 4. The van der Waals surface area contributed by atoms with Gasteiger partial charge in [0, 0.05) is 16.7 Å². The molecule has 186 valence electrons. The van der Waals surface area contributed by atoms with Crippen LogP contribution in [0.5, 0.6) is 0 Å². The summed E-state index contributed by atoms with van der Waals surface area (Å²) in [5.74, 6) is -0.603. The molecule has 4 unspecified atom stereocenters. The van der Waals surface area contributed by atoms with Crippen LogP contribution in [0.1, 0.15) is 93.4 Å². The number of fused-ring (bicyclic) bond motifs is 7. The van der Waals surface area contributed by atoms with E-state index in [2.05, 4.69) is 54.5 Å². The van der Waals surface area contributed by atoms with E-state index in [9.17, 15) is 19.5 Å². The monoisotopic (exact) mass is 466 g/mol. The van der Waals surface area contributed by atoms with Gasteiger partial charge in [-0.1, -0.05) is 60.1 Å². The van der Waals surface area contributed by atoms with Crippen LogP contribution in [0.4, 0.5) is 0 Å². The van der Waals surface area contributed by atoms with Crippen molar-refractivity contribution in [2.24, 2.45) is 50.2 Å². The van der Waals surface area contributed by atoms with Crippen molar-refractivity contribution >= 4 is 17.5 Å². The predicted octanol–water partition coefficient (Wildman–Crippen LogP) is 6.40. The van der Waals surface area contributed by atoms with Gasteiger partial charge in [-0.25, -0.2) is 0 Å². The summed E-state index contributed by atoms with van der Waals surface area (Å²) in [5, 5.41) is 10.5. The van der Waals surface area contributed by atoms with Crippen LogP contribution in [0.15, 0.2) is 23.8 Å². The first-order valence-electron chi connectivity index (χ1n) is 13.3. The van der Waals surface area contributed by atoms with Crippen LogP contribution >= 0.6 is 0 Å². The Hall–Kier alpha value is -1.71. The molecule has 0 heterocycles. The number of carboxylic acid groups (broad SMARTS) is 1. The maximum atomic E-state index is 14.1. The van der Waals surface area contributed by atoms with E-state index in [0.29, 0.717) is 12.8 Å². The van der Waals surface area contributed by atoms with E-state index in [1.165, 1.54) is 5.57 Å². The highest BCUT2D eigenvalue weighted by Gasteiger charge is 2.70. The van der Waals surface area contributed by atoms with Crippen molar-refractivity contribution in [1.82, 2.24) is 0 Å². The highest BCUT2D eigenvalue weighted by molar-refractivity contribution is 5.98. The molecule has 0 amide bonds. The smallest absolute Gasteiger partial charge is 0.309 e. The first kappa shape index (κ1) is 24.0. The molecule has 4 heteroatoms. The fourth-order valence-corrected chi connectivity index (χ4v) is 9.71. The van der Waals surface area contributed by atoms with E-state index in [0.717, 1.165) is 32.1 Å². The Labute approximate surface area is 204 Å². The van der Waals surface area contributed by atoms with E-state index >= 15 is 0 Å². The number of rotatable bonds is 1. The molecule has 34 heavy (non-hydrogen) atoms. The Morgan fingerprint density at radius 2 is 1.59 bits per heavy atom. The molecule has 0 spiro atoms. The summed E-state index contributed by atoms with van der Waals surface area (Å²) >= 11 is 0. The van der Waals surface area contributed by atoms with Crippen molar-refractivity contribution in [3.8, 4) is 0 Å². The van der Waals surface area contributed by atoms with E-state index in [4.69, 9.17) is 0 Å². The first-order chi connectivity index (χ1) is 15.6. The van der Waals surface area contributed by atoms with E-state index < -0.39 is 16.8 Å². The number of ketones is 2. The summed E-state index contributed by atoms with van der Waals surface area (Å²) in [4.78, 5) is 39.7. The highest BCUT2D eigenvalue weighted by atomic mass is 16.4. The minimum absolute atomic E-state index is 0.0488. The standard InChI is InChI=1S/C30H42O4/c1-25(2)12-14-30(24(33)34)15-13-29(7)23(18(30)17-25)19(31)16-21-27(5)10-9-22(32)26(3,4)20(27)8-11-28(21,29)6/h9-10,16,18,20,23H,8,11-15,17H2,1-7H3,(H,33,34)/t18?,20?,23?,27-,28+,29+,30?/m0/s1. The maximum absolute atomic E-state index is 14.1. The molecule has 5 aliphatic rings. The minimum atomic E-state index is -0.780. The van der Waals surface area contributed by atoms with E-state index in [1.807, 2.05) is 6.08 Å². The first-order valence-corrected chi connectivity index (χ1v) is 13.3. The van der Waals surface area contributed by atoms with Crippen LogP contribution in [0.25, 0.3) is 0 Å². The molecule has 0 bridgehead atoms. The van der Waals surface area contributed by atoms with Crippen molar-refractivity contribution < 1.29 is 19.5 Å². The van der Waals surface area contributed by atoms with Gasteiger partial charge in [-0.3, -0.25) is 14.4 Å². The van der Waals surface area contributed by atoms with Crippen LogP contribution in [0.2, 0.25) is 0 Å². The number of carbonyl (C=O) groups excluding carboxylic acids is 2. The second-order valence-electron chi connectivity index (χ2n) is 14.4. The fraction of sp³-hybridized carbons (Fsp3) is 0.767. The summed E-state index contributed by atoms with van der Waals surface area (Å²) in [6.07, 6.45) is 11.5.